The third kappa shape index (κ3) is 8.86. The maximum Gasteiger partial charge on any atom is 0.412 e. The van der Waals surface area contributed by atoms with Gasteiger partial charge < -0.3 is 24.8 Å². The van der Waals surface area contributed by atoms with Crippen molar-refractivity contribution in [2.75, 3.05) is 17.2 Å². The Morgan fingerprint density at radius 2 is 1.74 bits per heavy atom. The standard InChI is InChI=1S/C24H34BrFN6O6S/c1-23(2,3)37-21(34)29-13-8-9-15(36-11-12(13)26)17-14(10-27-32(17)7)28-18(33)16-19(39-20(25)30-16)31-22(35)38-24(4,5)6/h10,12-13,15H,8-9,11H2,1-7H3,(H,28,33)(H,29,34)(H,31,35)/t12-,13-,15+/m1/s1. The van der Waals surface area contributed by atoms with Crippen molar-refractivity contribution in [3.05, 3.63) is 21.5 Å². The largest absolute Gasteiger partial charge is 0.444 e. The highest BCUT2D eigenvalue weighted by Gasteiger charge is 2.34. The molecule has 1 aliphatic heterocycles. The summed E-state index contributed by atoms with van der Waals surface area (Å²) in [4.78, 5) is 41.8. The van der Waals surface area contributed by atoms with Gasteiger partial charge in [0.1, 0.15) is 28.5 Å². The number of carbonyl (C=O) groups is 3. The molecule has 1 saturated heterocycles. The van der Waals surface area contributed by atoms with Crippen molar-refractivity contribution >= 4 is 56.0 Å². The van der Waals surface area contributed by atoms with Crippen LogP contribution in [0.25, 0.3) is 0 Å². The van der Waals surface area contributed by atoms with Crippen LogP contribution >= 0.6 is 27.3 Å². The third-order valence-electron chi connectivity index (χ3n) is 5.30. The van der Waals surface area contributed by atoms with Crippen molar-refractivity contribution in [3.63, 3.8) is 0 Å². The minimum Gasteiger partial charge on any atom is -0.444 e. The van der Waals surface area contributed by atoms with Gasteiger partial charge in [0.2, 0.25) is 0 Å². The van der Waals surface area contributed by atoms with E-state index in [0.717, 1.165) is 11.3 Å². The van der Waals surface area contributed by atoms with E-state index in [-0.39, 0.29) is 23.7 Å². The smallest absolute Gasteiger partial charge is 0.412 e. The second-order valence-electron chi connectivity index (χ2n) is 11.0. The van der Waals surface area contributed by atoms with Crippen LogP contribution in [0, 0.1) is 0 Å². The van der Waals surface area contributed by atoms with E-state index in [1.807, 2.05) is 0 Å². The van der Waals surface area contributed by atoms with Crippen LogP contribution in [0.5, 0.6) is 0 Å². The van der Waals surface area contributed by atoms with E-state index >= 15 is 0 Å². The summed E-state index contributed by atoms with van der Waals surface area (Å²) in [6.45, 7) is 10.1. The minimum absolute atomic E-state index is 0.0280. The molecular formula is C24H34BrFN6O6S. The molecule has 12 nitrogen and oxygen atoms in total. The molecule has 216 valence electrons. The number of aryl methyl sites for hydroxylation is 1. The number of hydrogen-bond acceptors (Lipinski definition) is 9. The van der Waals surface area contributed by atoms with Gasteiger partial charge in [-0.1, -0.05) is 11.3 Å². The number of alkyl halides is 1. The summed E-state index contributed by atoms with van der Waals surface area (Å²) in [6, 6.07) is -0.801. The Balaban J connectivity index is 1.73. The Labute approximate surface area is 238 Å². The number of ether oxygens (including phenoxy) is 3. The van der Waals surface area contributed by atoms with Crippen LogP contribution in [0.4, 0.5) is 24.7 Å². The van der Waals surface area contributed by atoms with Crippen molar-refractivity contribution in [3.8, 4) is 0 Å². The quantitative estimate of drug-likeness (QED) is 0.401. The molecular weight excluding hydrogens is 599 g/mol. The van der Waals surface area contributed by atoms with Gasteiger partial charge in [0.05, 0.1) is 30.2 Å². The molecule has 3 rings (SSSR count). The van der Waals surface area contributed by atoms with E-state index in [1.54, 1.807) is 48.6 Å². The normalized spacial score (nSPS) is 20.1. The monoisotopic (exact) mass is 632 g/mol. The van der Waals surface area contributed by atoms with Crippen LogP contribution in [-0.4, -0.2) is 62.9 Å². The molecule has 1 fully saturated rings. The van der Waals surface area contributed by atoms with Gasteiger partial charge in [0, 0.05) is 7.05 Å². The lowest BCUT2D eigenvalue weighted by Crippen LogP contribution is -2.44. The number of aromatic nitrogens is 3. The predicted octanol–water partition coefficient (Wildman–Crippen LogP) is 5.32. The minimum atomic E-state index is -1.46. The highest BCUT2D eigenvalue weighted by Crippen LogP contribution is 2.34. The van der Waals surface area contributed by atoms with Crippen LogP contribution in [0.2, 0.25) is 0 Å². The molecule has 0 spiro atoms. The maximum atomic E-state index is 14.9. The van der Waals surface area contributed by atoms with E-state index in [2.05, 4.69) is 42.0 Å². The van der Waals surface area contributed by atoms with Crippen molar-refractivity contribution in [1.82, 2.24) is 20.1 Å². The summed E-state index contributed by atoms with van der Waals surface area (Å²) in [6.07, 6.45) is -1.43. The summed E-state index contributed by atoms with van der Waals surface area (Å²) in [7, 11) is 1.68. The van der Waals surface area contributed by atoms with Gasteiger partial charge in [-0.15, -0.1) is 0 Å². The lowest BCUT2D eigenvalue weighted by molar-refractivity contribution is 0.0202. The van der Waals surface area contributed by atoms with Gasteiger partial charge in [-0.2, -0.15) is 5.10 Å². The zero-order valence-corrected chi connectivity index (χ0v) is 25.3. The molecule has 2 aromatic rings. The second-order valence-corrected chi connectivity index (χ2v) is 13.2. The number of rotatable bonds is 5. The second kappa shape index (κ2) is 12.2. The summed E-state index contributed by atoms with van der Waals surface area (Å²) < 4.78 is 33.1. The number of carbonyl (C=O) groups excluding carboxylic acids is 3. The molecule has 0 aliphatic carbocycles. The van der Waals surface area contributed by atoms with Gasteiger partial charge in [-0.25, -0.2) is 19.0 Å². The van der Waals surface area contributed by atoms with Crippen molar-refractivity contribution < 1.29 is 33.0 Å². The number of anilines is 2. The molecule has 2 aromatic heterocycles. The van der Waals surface area contributed by atoms with Crippen LogP contribution in [0.3, 0.4) is 0 Å². The Hall–Kier alpha value is -2.78. The summed E-state index contributed by atoms with van der Waals surface area (Å²) in [5.41, 5.74) is -0.605. The highest BCUT2D eigenvalue weighted by atomic mass is 79.9. The van der Waals surface area contributed by atoms with E-state index in [0.29, 0.717) is 21.7 Å². The number of alkyl carbamates (subject to hydrolysis) is 1. The molecule has 0 saturated carbocycles. The molecule has 39 heavy (non-hydrogen) atoms. The first-order valence-corrected chi connectivity index (χ1v) is 13.9. The van der Waals surface area contributed by atoms with Crippen LogP contribution in [-0.2, 0) is 21.3 Å². The first-order chi connectivity index (χ1) is 18.0. The molecule has 0 bridgehead atoms. The average molecular weight is 634 g/mol. The molecule has 3 N–H and O–H groups in total. The summed E-state index contributed by atoms with van der Waals surface area (Å²) in [5, 5.41) is 12.3. The molecule has 3 heterocycles. The fraction of sp³-hybridized carbons (Fsp3) is 0.625. The molecule has 3 atom stereocenters. The number of hydrogen-bond donors (Lipinski definition) is 3. The van der Waals surface area contributed by atoms with Crippen LogP contribution < -0.4 is 16.0 Å². The van der Waals surface area contributed by atoms with E-state index in [1.165, 1.54) is 10.9 Å². The number of nitrogens with zero attached hydrogens (tertiary/aromatic N) is 3. The number of nitrogens with one attached hydrogen (secondary N) is 3. The zero-order chi connectivity index (χ0) is 29.1. The molecule has 1 aliphatic rings. The molecule has 3 amide bonds. The Bertz CT molecular complexity index is 1210. The molecule has 0 radical (unpaired) electrons. The van der Waals surface area contributed by atoms with Crippen molar-refractivity contribution in [1.29, 1.82) is 0 Å². The fourth-order valence-electron chi connectivity index (χ4n) is 3.79. The van der Waals surface area contributed by atoms with Gasteiger partial charge in [-0.3, -0.25) is 14.8 Å². The van der Waals surface area contributed by atoms with E-state index in [9.17, 15) is 18.8 Å². The first-order valence-electron chi connectivity index (χ1n) is 12.3. The predicted molar refractivity (Wildman–Crippen MR) is 147 cm³/mol. The molecule has 0 unspecified atom stereocenters. The summed E-state index contributed by atoms with van der Waals surface area (Å²) in [5.74, 6) is -0.598. The number of amides is 3. The van der Waals surface area contributed by atoms with Crippen molar-refractivity contribution in [2.45, 2.75) is 83.9 Å². The topological polar surface area (TPSA) is 146 Å². The van der Waals surface area contributed by atoms with Gasteiger partial charge >= 0.3 is 12.2 Å². The van der Waals surface area contributed by atoms with E-state index < -0.39 is 47.6 Å². The maximum absolute atomic E-state index is 14.9. The average Bonchev–Trinajstić information content (AvgIpc) is 3.26. The van der Waals surface area contributed by atoms with E-state index in [4.69, 9.17) is 14.2 Å². The lowest BCUT2D eigenvalue weighted by Gasteiger charge is -2.24. The number of halogens is 2. The van der Waals surface area contributed by atoms with Crippen LogP contribution in [0.1, 0.15) is 76.7 Å². The zero-order valence-electron chi connectivity index (χ0n) is 22.9. The molecule has 0 aromatic carbocycles. The molecule has 15 heteroatoms. The van der Waals surface area contributed by atoms with Crippen molar-refractivity contribution in [2.24, 2.45) is 7.05 Å². The van der Waals surface area contributed by atoms with Gasteiger partial charge in [-0.05, 0) is 70.3 Å². The summed E-state index contributed by atoms with van der Waals surface area (Å²) >= 11 is 4.30. The number of thiazole rings is 1. The SMILES string of the molecule is Cn1ncc(NC(=O)c2nc(Br)sc2NC(=O)OC(C)(C)C)c1[C@@H]1CC[C@@H](NC(=O)OC(C)(C)C)[C@H](F)CO1. The lowest BCUT2D eigenvalue weighted by atomic mass is 10.0. The fourth-order valence-corrected chi connectivity index (χ4v) is 5.13. The Kier molecular flexibility index (Phi) is 9.60. The van der Waals surface area contributed by atoms with Gasteiger partial charge in [0.15, 0.2) is 9.61 Å². The first kappa shape index (κ1) is 30.8. The van der Waals surface area contributed by atoms with Gasteiger partial charge in [0.25, 0.3) is 5.91 Å². The highest BCUT2D eigenvalue weighted by molar-refractivity contribution is 9.11. The Morgan fingerprint density at radius 1 is 1.10 bits per heavy atom. The third-order valence-corrected chi connectivity index (χ3v) is 6.73. The van der Waals surface area contributed by atoms with Crippen LogP contribution in [0.15, 0.2) is 10.1 Å². The Morgan fingerprint density at radius 3 is 2.38 bits per heavy atom.